The minimum absolute atomic E-state index is 0.0326. The maximum Gasteiger partial charge on any atom is 0.256 e. The van der Waals surface area contributed by atoms with Crippen LogP contribution in [0.25, 0.3) is 0 Å². The van der Waals surface area contributed by atoms with Crippen LogP contribution >= 0.6 is 0 Å². The summed E-state index contributed by atoms with van der Waals surface area (Å²) in [5, 5.41) is 0. The van der Waals surface area contributed by atoms with Crippen LogP contribution in [0.1, 0.15) is 104 Å². The summed E-state index contributed by atoms with van der Waals surface area (Å²) in [4.78, 5) is 7.63. The third-order valence-electron chi connectivity index (χ3n) is 16.6. The van der Waals surface area contributed by atoms with Crippen molar-refractivity contribution in [2.24, 2.45) is 0 Å². The Morgan fingerprint density at radius 3 is 1.41 bits per heavy atom. The number of rotatable bonds is 3. The molecule has 8 aromatic carbocycles. The van der Waals surface area contributed by atoms with Crippen LogP contribution in [0.3, 0.4) is 0 Å². The van der Waals surface area contributed by atoms with Crippen LogP contribution < -0.4 is 52.2 Å². The smallest absolute Gasteiger partial charge is 0.256 e. The largest absolute Gasteiger partial charge is 0.458 e. The third kappa shape index (κ3) is 6.30. The van der Waals surface area contributed by atoms with Gasteiger partial charge in [-0.1, -0.05) is 154 Å². The number of benzene rings is 8. The summed E-state index contributed by atoms with van der Waals surface area (Å²) in [6.45, 7) is 23.7. The number of ether oxygens (including phenoxy) is 1. The predicted octanol–water partition coefficient (Wildman–Crippen LogP) is 13.1. The van der Waals surface area contributed by atoms with Crippen LogP contribution in [-0.2, 0) is 21.7 Å². The van der Waals surface area contributed by atoms with Crippen molar-refractivity contribution in [2.75, 3.05) is 14.7 Å². The molecule has 4 aliphatic heterocycles. The molecule has 0 bridgehead atoms. The lowest BCUT2D eigenvalue weighted by molar-refractivity contribution is 0.332. The zero-order valence-corrected chi connectivity index (χ0v) is 42.4. The minimum atomic E-state index is -0.124. The highest BCUT2D eigenvalue weighted by Gasteiger charge is 2.48. The Bertz CT molecular complexity index is 3470. The zero-order valence-electron chi connectivity index (χ0n) is 42.4. The Balaban J connectivity index is 1.13. The van der Waals surface area contributed by atoms with Crippen LogP contribution in [0.4, 0.5) is 51.2 Å². The van der Waals surface area contributed by atoms with Gasteiger partial charge in [-0.15, -0.1) is 0 Å². The fraction of sp³-hybridized carbons (Fsp3) is 0.250. The summed E-state index contributed by atoms with van der Waals surface area (Å²) in [6.07, 6.45) is 2.32. The maximum atomic E-state index is 7.52. The van der Waals surface area contributed by atoms with Gasteiger partial charge in [0.15, 0.2) is 0 Å². The van der Waals surface area contributed by atoms with E-state index in [2.05, 4.69) is 248 Å². The standard InChI is InChI=1S/C64H61B2N3O/c1-61(2,3)40-33-54-59-55(34-40)69(44-29-30-45-46(37-44)64(9,10)32-31-63(45,7)8)53-39-57-50(38-49(53)65(59)47-25-17-19-27-51(47)67(54)42-21-13-11-14-22-42)66-48-26-18-20-28-52(48)68(43-23-15-12-16-24-43)56-35-41(62(4,5)6)36-58(70-57)60(56)66/h11-30,33-39H,31-32H2,1-10H3. The molecule has 13 rings (SSSR count). The lowest BCUT2D eigenvalue weighted by Crippen LogP contribution is -2.64. The van der Waals surface area contributed by atoms with Gasteiger partial charge in [-0.2, -0.15) is 0 Å². The van der Waals surface area contributed by atoms with Crippen LogP contribution in [0, 0.1) is 0 Å². The first-order valence-corrected chi connectivity index (χ1v) is 25.5. The Morgan fingerprint density at radius 2 is 0.857 bits per heavy atom. The van der Waals surface area contributed by atoms with Crippen molar-refractivity contribution in [3.63, 3.8) is 0 Å². The van der Waals surface area contributed by atoms with Crippen molar-refractivity contribution < 1.29 is 4.74 Å². The summed E-state index contributed by atoms with van der Waals surface area (Å²) in [7, 11) is 0. The van der Waals surface area contributed by atoms with E-state index >= 15 is 0 Å². The topological polar surface area (TPSA) is 19.0 Å². The first kappa shape index (κ1) is 43.1. The molecule has 0 atom stereocenters. The van der Waals surface area contributed by atoms with Crippen LogP contribution in [-0.4, -0.2) is 13.4 Å². The summed E-state index contributed by atoms with van der Waals surface area (Å²) < 4.78 is 7.52. The normalized spacial score (nSPS) is 16.5. The molecule has 0 aromatic heterocycles. The molecular weight excluding hydrogens is 848 g/mol. The van der Waals surface area contributed by atoms with Crippen molar-refractivity contribution >= 4 is 97.4 Å². The molecule has 4 heterocycles. The van der Waals surface area contributed by atoms with Gasteiger partial charge in [0.2, 0.25) is 0 Å². The number of hydrogen-bond donors (Lipinski definition) is 0. The molecule has 70 heavy (non-hydrogen) atoms. The van der Waals surface area contributed by atoms with Crippen molar-refractivity contribution in [1.29, 1.82) is 0 Å². The average Bonchev–Trinajstić information content (AvgIpc) is 3.34. The van der Waals surface area contributed by atoms with Gasteiger partial charge in [-0.05, 0) is 162 Å². The molecule has 0 unspecified atom stereocenters. The predicted molar refractivity (Wildman–Crippen MR) is 299 cm³/mol. The van der Waals surface area contributed by atoms with Gasteiger partial charge in [0, 0.05) is 57.3 Å². The highest BCUT2D eigenvalue weighted by Crippen LogP contribution is 2.52. The van der Waals surface area contributed by atoms with E-state index in [1.807, 2.05) is 0 Å². The number of anilines is 9. The van der Waals surface area contributed by atoms with Gasteiger partial charge < -0.3 is 19.4 Å². The Morgan fingerprint density at radius 1 is 0.386 bits per heavy atom. The van der Waals surface area contributed by atoms with Crippen molar-refractivity contribution in [2.45, 2.75) is 104 Å². The quantitative estimate of drug-likeness (QED) is 0.164. The molecule has 0 amide bonds. The minimum Gasteiger partial charge on any atom is -0.458 e. The van der Waals surface area contributed by atoms with Gasteiger partial charge >= 0.3 is 0 Å². The van der Waals surface area contributed by atoms with Gasteiger partial charge in [-0.25, -0.2) is 0 Å². The van der Waals surface area contributed by atoms with Gasteiger partial charge in [-0.3, -0.25) is 0 Å². The SMILES string of the molecule is CC(C)(C)c1cc2c3c(c1)N(c1ccccc1)c1ccccc1B3c1cc3c(cc1O2)N(c1ccc2c(c1)C(C)(C)CCC2(C)C)c1cc(C(C)(C)C)cc2c1B3c1ccccc1N2c1ccccc1. The summed E-state index contributed by atoms with van der Waals surface area (Å²) in [5.74, 6) is 1.86. The van der Waals surface area contributed by atoms with Crippen molar-refractivity contribution in [3.05, 3.63) is 186 Å². The Kier molecular flexibility index (Phi) is 9.13. The number of para-hydroxylation sites is 4. The van der Waals surface area contributed by atoms with Crippen molar-refractivity contribution in [3.8, 4) is 11.5 Å². The van der Waals surface area contributed by atoms with E-state index in [1.54, 1.807) is 0 Å². The molecule has 344 valence electrons. The fourth-order valence-corrected chi connectivity index (χ4v) is 12.7. The molecule has 0 radical (unpaired) electrons. The second-order valence-corrected chi connectivity index (χ2v) is 24.0. The summed E-state index contributed by atoms with van der Waals surface area (Å²) in [5.41, 5.74) is 23.8. The molecule has 1 aliphatic carbocycles. The van der Waals surface area contributed by atoms with Crippen LogP contribution in [0.15, 0.2) is 164 Å². The molecule has 0 N–H and O–H groups in total. The van der Waals surface area contributed by atoms with Gasteiger partial charge in [0.05, 0.1) is 0 Å². The summed E-state index contributed by atoms with van der Waals surface area (Å²) >= 11 is 0. The Hall–Kier alpha value is -6.91. The highest BCUT2D eigenvalue weighted by molar-refractivity contribution is 7.02. The second kappa shape index (κ2) is 14.8. The number of hydrogen-bond acceptors (Lipinski definition) is 4. The molecular formula is C64H61B2N3O. The van der Waals surface area contributed by atoms with Crippen LogP contribution in [0.5, 0.6) is 11.5 Å². The molecule has 0 spiro atoms. The Labute approximate surface area is 416 Å². The highest BCUT2D eigenvalue weighted by atomic mass is 16.5. The van der Waals surface area contributed by atoms with Crippen molar-refractivity contribution in [1.82, 2.24) is 0 Å². The molecule has 4 nitrogen and oxygen atoms in total. The first-order valence-electron chi connectivity index (χ1n) is 25.5. The van der Waals surface area contributed by atoms with E-state index in [-0.39, 0.29) is 35.1 Å². The molecule has 5 aliphatic rings. The van der Waals surface area contributed by atoms with Crippen LogP contribution in [0.2, 0.25) is 0 Å². The molecule has 6 heteroatoms. The van der Waals surface area contributed by atoms with E-state index in [4.69, 9.17) is 4.74 Å². The van der Waals surface area contributed by atoms with Gasteiger partial charge in [0.1, 0.15) is 11.5 Å². The summed E-state index contributed by atoms with van der Waals surface area (Å²) in [6, 6.07) is 62.3. The number of nitrogens with zero attached hydrogens (tertiary/aromatic N) is 3. The molecule has 0 saturated heterocycles. The average molecular weight is 910 g/mol. The van der Waals surface area contributed by atoms with E-state index in [9.17, 15) is 0 Å². The van der Waals surface area contributed by atoms with E-state index in [0.29, 0.717) is 0 Å². The maximum absolute atomic E-state index is 7.52. The zero-order chi connectivity index (χ0) is 48.2. The third-order valence-corrected chi connectivity index (χ3v) is 16.6. The molecule has 0 fully saturated rings. The monoisotopic (exact) mass is 910 g/mol. The molecule has 0 saturated carbocycles. The lowest BCUT2D eigenvalue weighted by atomic mass is 9.30. The van der Waals surface area contributed by atoms with E-state index < -0.39 is 0 Å². The second-order valence-electron chi connectivity index (χ2n) is 24.0. The lowest BCUT2D eigenvalue weighted by Gasteiger charge is -2.47. The number of fused-ring (bicyclic) bond motifs is 9. The fourth-order valence-electron chi connectivity index (χ4n) is 12.7. The molecule has 8 aromatic rings. The van der Waals surface area contributed by atoms with E-state index in [1.165, 1.54) is 101 Å². The van der Waals surface area contributed by atoms with Gasteiger partial charge in [0.25, 0.3) is 13.4 Å². The van der Waals surface area contributed by atoms with E-state index in [0.717, 1.165) is 29.3 Å². The first-order chi connectivity index (χ1) is 33.5.